The Morgan fingerprint density at radius 1 is 1.44 bits per heavy atom. The molecule has 3 nitrogen and oxygen atoms in total. The minimum absolute atomic E-state index is 0.404. The fourth-order valence-electron chi connectivity index (χ4n) is 1.47. The SMILES string of the molecule is Cc1c(C(=O)Cl)cnn1-c1cccc(Cl)c1. The van der Waals surface area contributed by atoms with Crippen LogP contribution in [0.1, 0.15) is 16.1 Å². The van der Waals surface area contributed by atoms with Crippen molar-refractivity contribution < 1.29 is 4.79 Å². The molecule has 16 heavy (non-hydrogen) atoms. The maximum atomic E-state index is 11.1. The van der Waals surface area contributed by atoms with Gasteiger partial charge in [0, 0.05) is 5.02 Å². The predicted octanol–water partition coefficient (Wildman–Crippen LogP) is 3.21. The molecule has 0 spiro atoms. The van der Waals surface area contributed by atoms with E-state index in [4.69, 9.17) is 23.2 Å². The molecule has 5 heteroatoms. The first kappa shape index (κ1) is 11.2. The van der Waals surface area contributed by atoms with Crippen molar-refractivity contribution in [1.29, 1.82) is 0 Å². The summed E-state index contributed by atoms with van der Waals surface area (Å²) >= 11 is 11.3. The smallest absolute Gasteiger partial charge is 0.255 e. The highest BCUT2D eigenvalue weighted by Gasteiger charge is 2.12. The molecule has 0 saturated carbocycles. The fraction of sp³-hybridized carbons (Fsp3) is 0.0909. The van der Waals surface area contributed by atoms with Crippen molar-refractivity contribution in [2.45, 2.75) is 6.92 Å². The first-order chi connectivity index (χ1) is 7.59. The van der Waals surface area contributed by atoms with Crippen molar-refractivity contribution in [3.63, 3.8) is 0 Å². The quantitative estimate of drug-likeness (QED) is 0.772. The Bertz CT molecular complexity index is 549. The number of rotatable bonds is 2. The Labute approximate surface area is 103 Å². The molecule has 0 amide bonds. The summed E-state index contributed by atoms with van der Waals surface area (Å²) in [7, 11) is 0. The zero-order valence-corrected chi connectivity index (χ0v) is 9.96. The van der Waals surface area contributed by atoms with Crippen LogP contribution in [0.25, 0.3) is 5.69 Å². The lowest BCUT2D eigenvalue weighted by atomic mass is 10.2. The summed E-state index contributed by atoms with van der Waals surface area (Å²) in [5.41, 5.74) is 1.90. The first-order valence-corrected chi connectivity index (χ1v) is 5.35. The van der Waals surface area contributed by atoms with Gasteiger partial charge in [-0.15, -0.1) is 0 Å². The van der Waals surface area contributed by atoms with Gasteiger partial charge in [-0.1, -0.05) is 17.7 Å². The summed E-state index contributed by atoms with van der Waals surface area (Å²) in [5, 5.41) is 4.21. The molecule has 0 N–H and O–H groups in total. The lowest BCUT2D eigenvalue weighted by Gasteiger charge is -2.04. The summed E-state index contributed by atoms with van der Waals surface area (Å²) in [6.07, 6.45) is 1.45. The summed E-state index contributed by atoms with van der Waals surface area (Å²) in [4.78, 5) is 11.1. The van der Waals surface area contributed by atoms with Crippen molar-refractivity contribution in [1.82, 2.24) is 9.78 Å². The molecule has 82 valence electrons. The van der Waals surface area contributed by atoms with Gasteiger partial charge in [-0.2, -0.15) is 5.10 Å². The van der Waals surface area contributed by atoms with Crippen LogP contribution < -0.4 is 0 Å². The van der Waals surface area contributed by atoms with Crippen molar-refractivity contribution >= 4 is 28.4 Å². The molecule has 2 rings (SSSR count). The number of nitrogens with zero attached hydrogens (tertiary/aromatic N) is 2. The monoisotopic (exact) mass is 254 g/mol. The minimum atomic E-state index is -0.509. The zero-order chi connectivity index (χ0) is 11.7. The van der Waals surface area contributed by atoms with Crippen LogP contribution in [0.3, 0.4) is 0 Å². The van der Waals surface area contributed by atoms with Crippen LogP contribution in [-0.4, -0.2) is 15.0 Å². The number of aromatic nitrogens is 2. The fourth-order valence-corrected chi connectivity index (χ4v) is 1.84. The van der Waals surface area contributed by atoms with E-state index in [2.05, 4.69) is 5.10 Å². The molecule has 0 radical (unpaired) electrons. The highest BCUT2D eigenvalue weighted by molar-refractivity contribution is 6.67. The molecule has 0 aliphatic carbocycles. The average Bonchev–Trinajstić information content (AvgIpc) is 2.60. The van der Waals surface area contributed by atoms with Crippen molar-refractivity contribution in [3.8, 4) is 5.69 Å². The van der Waals surface area contributed by atoms with Crippen molar-refractivity contribution in [3.05, 3.63) is 46.7 Å². The lowest BCUT2D eigenvalue weighted by Crippen LogP contribution is -2.00. The van der Waals surface area contributed by atoms with Crippen LogP contribution in [0.2, 0.25) is 5.02 Å². The zero-order valence-electron chi connectivity index (χ0n) is 8.45. The first-order valence-electron chi connectivity index (χ1n) is 4.60. The summed E-state index contributed by atoms with van der Waals surface area (Å²) in [6, 6.07) is 7.22. The number of halogens is 2. The third-order valence-electron chi connectivity index (χ3n) is 2.27. The summed E-state index contributed by atoms with van der Waals surface area (Å²) < 4.78 is 1.63. The molecular formula is C11H8Cl2N2O. The molecule has 1 aromatic carbocycles. The van der Waals surface area contributed by atoms with Gasteiger partial charge in [-0.3, -0.25) is 4.79 Å². The van der Waals surface area contributed by atoms with E-state index in [-0.39, 0.29) is 0 Å². The van der Waals surface area contributed by atoms with Crippen LogP contribution >= 0.6 is 23.2 Å². The van der Waals surface area contributed by atoms with Gasteiger partial charge in [0.15, 0.2) is 0 Å². The van der Waals surface area contributed by atoms with Crippen LogP contribution in [0.5, 0.6) is 0 Å². The largest absolute Gasteiger partial charge is 0.275 e. The molecule has 1 heterocycles. The van der Waals surface area contributed by atoms with Gasteiger partial charge in [-0.25, -0.2) is 4.68 Å². The van der Waals surface area contributed by atoms with E-state index in [0.29, 0.717) is 16.3 Å². The molecule has 0 bridgehead atoms. The predicted molar refractivity (Wildman–Crippen MR) is 63.5 cm³/mol. The molecule has 0 atom stereocenters. The maximum absolute atomic E-state index is 11.1. The summed E-state index contributed by atoms with van der Waals surface area (Å²) in [6.45, 7) is 1.78. The molecule has 0 saturated heterocycles. The van der Waals surface area contributed by atoms with Gasteiger partial charge in [-0.05, 0) is 36.7 Å². The molecule has 0 unspecified atom stereocenters. The lowest BCUT2D eigenvalue weighted by molar-refractivity contribution is 0.108. The van der Waals surface area contributed by atoms with Crippen LogP contribution in [0, 0.1) is 6.92 Å². The second-order valence-corrected chi connectivity index (χ2v) is 4.09. The minimum Gasteiger partial charge on any atom is -0.275 e. The van der Waals surface area contributed by atoms with Gasteiger partial charge in [0.05, 0.1) is 23.1 Å². The Morgan fingerprint density at radius 2 is 2.19 bits per heavy atom. The molecular weight excluding hydrogens is 247 g/mol. The van der Waals surface area contributed by atoms with Crippen LogP contribution in [-0.2, 0) is 0 Å². The second kappa shape index (κ2) is 4.28. The number of hydrogen-bond acceptors (Lipinski definition) is 2. The van der Waals surface area contributed by atoms with Gasteiger partial charge < -0.3 is 0 Å². The van der Waals surface area contributed by atoms with Crippen LogP contribution in [0.4, 0.5) is 0 Å². The van der Waals surface area contributed by atoms with E-state index < -0.39 is 5.24 Å². The van der Waals surface area contributed by atoms with E-state index >= 15 is 0 Å². The highest BCUT2D eigenvalue weighted by atomic mass is 35.5. The Balaban J connectivity index is 2.53. The third-order valence-corrected chi connectivity index (χ3v) is 2.71. The second-order valence-electron chi connectivity index (χ2n) is 3.31. The topological polar surface area (TPSA) is 34.9 Å². The third kappa shape index (κ3) is 1.96. The molecule has 0 aliphatic heterocycles. The highest BCUT2D eigenvalue weighted by Crippen LogP contribution is 2.18. The standard InChI is InChI=1S/C11H8Cl2N2O/c1-7-10(11(13)16)6-14-15(7)9-4-2-3-8(12)5-9/h2-6H,1H3. The van der Waals surface area contributed by atoms with Gasteiger partial charge >= 0.3 is 0 Å². The van der Waals surface area contributed by atoms with Crippen molar-refractivity contribution in [2.75, 3.05) is 0 Å². The number of carbonyl (C=O) groups is 1. The van der Waals surface area contributed by atoms with E-state index in [1.165, 1.54) is 6.20 Å². The normalized spacial score (nSPS) is 10.4. The maximum Gasteiger partial charge on any atom is 0.255 e. The molecule has 0 aliphatic rings. The number of benzene rings is 1. The van der Waals surface area contributed by atoms with E-state index in [1.807, 2.05) is 12.1 Å². The number of hydrogen-bond donors (Lipinski definition) is 0. The van der Waals surface area contributed by atoms with E-state index in [9.17, 15) is 4.79 Å². The van der Waals surface area contributed by atoms with E-state index in [1.54, 1.807) is 23.7 Å². The Morgan fingerprint density at radius 3 is 2.75 bits per heavy atom. The van der Waals surface area contributed by atoms with Gasteiger partial charge in [0.2, 0.25) is 0 Å². The molecule has 1 aromatic heterocycles. The number of carbonyl (C=O) groups excluding carboxylic acids is 1. The summed E-state index contributed by atoms with van der Waals surface area (Å²) in [5.74, 6) is 0. The molecule has 0 fully saturated rings. The average molecular weight is 255 g/mol. The molecule has 2 aromatic rings. The van der Waals surface area contributed by atoms with Gasteiger partial charge in [0.25, 0.3) is 5.24 Å². The Hall–Kier alpha value is -1.32. The van der Waals surface area contributed by atoms with E-state index in [0.717, 1.165) is 5.69 Å². The Kier molecular flexibility index (Phi) is 2.99. The van der Waals surface area contributed by atoms with Gasteiger partial charge in [0.1, 0.15) is 0 Å². The van der Waals surface area contributed by atoms with Crippen LogP contribution in [0.15, 0.2) is 30.5 Å². The van der Waals surface area contributed by atoms with Crippen molar-refractivity contribution in [2.24, 2.45) is 0 Å².